The lowest BCUT2D eigenvalue weighted by molar-refractivity contribution is 0.0307. The summed E-state index contributed by atoms with van der Waals surface area (Å²) >= 11 is 0. The molecule has 0 saturated carbocycles. The normalized spacial score (nSPS) is 12.1. The Morgan fingerprint density at radius 1 is 1.17 bits per heavy atom. The van der Waals surface area contributed by atoms with E-state index < -0.39 is 12.1 Å². The summed E-state index contributed by atoms with van der Waals surface area (Å²) in [5.74, 6) is -0.859. The number of carbonyl (C=O) groups is 2. The molecule has 0 bridgehead atoms. The summed E-state index contributed by atoms with van der Waals surface area (Å²) in [6.45, 7) is 3.34. The van der Waals surface area contributed by atoms with E-state index in [1.54, 1.807) is 36.5 Å². The van der Waals surface area contributed by atoms with E-state index in [0.717, 1.165) is 5.69 Å². The largest absolute Gasteiger partial charge is 0.448 e. The Morgan fingerprint density at radius 3 is 2.61 bits per heavy atom. The number of benzene rings is 1. The van der Waals surface area contributed by atoms with Crippen molar-refractivity contribution >= 4 is 17.5 Å². The standard InChI is InChI=1S/C16H14N4O3/c1-10-8-9-17-16-18-14(19-20(10)16)15(22)23-11(2)13(21)12-6-4-3-5-7-12/h3-9,11H,1-2H3. The predicted molar refractivity (Wildman–Crippen MR) is 81.2 cm³/mol. The van der Waals surface area contributed by atoms with Gasteiger partial charge in [0.2, 0.25) is 5.78 Å². The van der Waals surface area contributed by atoms with E-state index >= 15 is 0 Å². The van der Waals surface area contributed by atoms with Gasteiger partial charge in [0.15, 0.2) is 6.10 Å². The number of hydrogen-bond acceptors (Lipinski definition) is 6. The van der Waals surface area contributed by atoms with Crippen LogP contribution in [0.3, 0.4) is 0 Å². The Kier molecular flexibility index (Phi) is 3.84. The zero-order valence-electron chi connectivity index (χ0n) is 12.6. The molecular formula is C16H14N4O3. The average molecular weight is 310 g/mol. The lowest BCUT2D eigenvalue weighted by Crippen LogP contribution is -2.25. The number of rotatable bonds is 4. The fourth-order valence-electron chi connectivity index (χ4n) is 2.10. The van der Waals surface area contributed by atoms with Gasteiger partial charge in [0.25, 0.3) is 11.6 Å². The first-order valence-corrected chi connectivity index (χ1v) is 7.05. The van der Waals surface area contributed by atoms with Crippen LogP contribution < -0.4 is 0 Å². The predicted octanol–water partition coefficient (Wildman–Crippen LogP) is 1.86. The van der Waals surface area contributed by atoms with Crippen molar-refractivity contribution in [2.24, 2.45) is 0 Å². The maximum Gasteiger partial charge on any atom is 0.379 e. The van der Waals surface area contributed by atoms with Crippen molar-refractivity contribution in [1.82, 2.24) is 19.6 Å². The van der Waals surface area contributed by atoms with Crippen LogP contribution in [0.2, 0.25) is 0 Å². The second-order valence-corrected chi connectivity index (χ2v) is 5.01. The van der Waals surface area contributed by atoms with E-state index in [4.69, 9.17) is 4.74 Å². The number of esters is 1. The summed E-state index contributed by atoms with van der Waals surface area (Å²) in [5, 5.41) is 4.05. The van der Waals surface area contributed by atoms with Crippen LogP contribution in [-0.4, -0.2) is 37.4 Å². The third-order valence-electron chi connectivity index (χ3n) is 3.32. The van der Waals surface area contributed by atoms with Gasteiger partial charge in [0.05, 0.1) is 0 Å². The lowest BCUT2D eigenvalue weighted by atomic mass is 10.1. The summed E-state index contributed by atoms with van der Waals surface area (Å²) in [4.78, 5) is 32.4. The Bertz CT molecular complexity index is 873. The van der Waals surface area contributed by atoms with Crippen LogP contribution >= 0.6 is 0 Å². The molecule has 3 aromatic rings. The summed E-state index contributed by atoms with van der Waals surface area (Å²) in [7, 11) is 0. The first kappa shape index (κ1) is 14.8. The molecule has 0 spiro atoms. The molecule has 1 unspecified atom stereocenters. The maximum absolute atomic E-state index is 12.2. The molecule has 1 aromatic carbocycles. The monoisotopic (exact) mass is 310 g/mol. The van der Waals surface area contributed by atoms with Crippen molar-refractivity contribution in [3.05, 3.63) is 59.7 Å². The second-order valence-electron chi connectivity index (χ2n) is 5.01. The highest BCUT2D eigenvalue weighted by Gasteiger charge is 2.23. The second kappa shape index (κ2) is 5.96. The van der Waals surface area contributed by atoms with E-state index in [-0.39, 0.29) is 11.6 Å². The molecule has 1 atom stereocenters. The molecule has 116 valence electrons. The number of aromatic nitrogens is 4. The number of hydrogen-bond donors (Lipinski definition) is 0. The van der Waals surface area contributed by atoms with Gasteiger partial charge in [-0.05, 0) is 19.9 Å². The van der Waals surface area contributed by atoms with Gasteiger partial charge >= 0.3 is 5.97 Å². The van der Waals surface area contributed by atoms with Gasteiger partial charge in [-0.1, -0.05) is 30.3 Å². The third kappa shape index (κ3) is 2.94. The molecule has 3 rings (SSSR count). The van der Waals surface area contributed by atoms with Crippen LogP contribution in [0, 0.1) is 6.92 Å². The molecule has 7 nitrogen and oxygen atoms in total. The number of Topliss-reactive ketones (excluding diaryl/α,β-unsaturated/α-hetero) is 1. The minimum atomic E-state index is -0.925. The minimum Gasteiger partial charge on any atom is -0.448 e. The van der Waals surface area contributed by atoms with Crippen molar-refractivity contribution in [3.63, 3.8) is 0 Å². The smallest absolute Gasteiger partial charge is 0.379 e. The van der Waals surface area contributed by atoms with Crippen LogP contribution in [0.25, 0.3) is 5.78 Å². The van der Waals surface area contributed by atoms with E-state index in [2.05, 4.69) is 15.1 Å². The van der Waals surface area contributed by atoms with Crippen LogP contribution in [0.4, 0.5) is 0 Å². The van der Waals surface area contributed by atoms with Crippen molar-refractivity contribution in [2.75, 3.05) is 0 Å². The number of ketones is 1. The number of aryl methyl sites for hydroxylation is 1. The molecule has 0 aliphatic rings. The average Bonchev–Trinajstić information content (AvgIpc) is 3.00. The number of ether oxygens (including phenoxy) is 1. The quantitative estimate of drug-likeness (QED) is 0.540. The molecule has 2 heterocycles. The minimum absolute atomic E-state index is 0.125. The zero-order chi connectivity index (χ0) is 16.4. The fourth-order valence-corrected chi connectivity index (χ4v) is 2.10. The van der Waals surface area contributed by atoms with Gasteiger partial charge in [-0.2, -0.15) is 4.98 Å². The molecule has 0 amide bonds. The van der Waals surface area contributed by atoms with Crippen molar-refractivity contribution in [3.8, 4) is 0 Å². The molecule has 0 saturated heterocycles. The fraction of sp³-hybridized carbons (Fsp3) is 0.188. The number of nitrogens with zero attached hydrogens (tertiary/aromatic N) is 4. The van der Waals surface area contributed by atoms with E-state index in [1.807, 2.05) is 13.0 Å². The van der Waals surface area contributed by atoms with Gasteiger partial charge in [-0.15, -0.1) is 5.10 Å². The van der Waals surface area contributed by atoms with Gasteiger partial charge < -0.3 is 4.74 Å². The molecule has 23 heavy (non-hydrogen) atoms. The lowest BCUT2D eigenvalue weighted by Gasteiger charge is -2.10. The SMILES string of the molecule is Cc1ccnc2nc(C(=O)OC(C)C(=O)c3ccccc3)nn12. The Balaban J connectivity index is 1.77. The Morgan fingerprint density at radius 2 is 1.91 bits per heavy atom. The van der Waals surface area contributed by atoms with Gasteiger partial charge in [0, 0.05) is 17.5 Å². The van der Waals surface area contributed by atoms with Crippen LogP contribution in [-0.2, 0) is 4.74 Å². The summed E-state index contributed by atoms with van der Waals surface area (Å²) in [6.07, 6.45) is 0.654. The summed E-state index contributed by atoms with van der Waals surface area (Å²) in [6, 6.07) is 10.4. The highest BCUT2D eigenvalue weighted by Crippen LogP contribution is 2.09. The Labute approximate surface area is 131 Å². The highest BCUT2D eigenvalue weighted by molar-refractivity contribution is 6.00. The van der Waals surface area contributed by atoms with E-state index in [1.165, 1.54) is 11.4 Å². The number of fused-ring (bicyclic) bond motifs is 1. The molecule has 0 aliphatic heterocycles. The summed E-state index contributed by atoms with van der Waals surface area (Å²) < 4.78 is 6.61. The number of carbonyl (C=O) groups excluding carboxylic acids is 2. The molecule has 0 N–H and O–H groups in total. The first-order chi connectivity index (χ1) is 11.1. The van der Waals surface area contributed by atoms with Crippen molar-refractivity contribution in [2.45, 2.75) is 20.0 Å². The molecular weight excluding hydrogens is 296 g/mol. The zero-order valence-corrected chi connectivity index (χ0v) is 12.6. The van der Waals surface area contributed by atoms with E-state index in [0.29, 0.717) is 11.3 Å². The molecule has 0 radical (unpaired) electrons. The van der Waals surface area contributed by atoms with Crippen LogP contribution in [0.5, 0.6) is 0 Å². The van der Waals surface area contributed by atoms with Gasteiger partial charge in [-0.3, -0.25) is 4.79 Å². The topological polar surface area (TPSA) is 86.5 Å². The van der Waals surface area contributed by atoms with Crippen LogP contribution in [0.15, 0.2) is 42.6 Å². The molecule has 2 aromatic heterocycles. The van der Waals surface area contributed by atoms with Gasteiger partial charge in [0.1, 0.15) is 0 Å². The van der Waals surface area contributed by atoms with Crippen molar-refractivity contribution in [1.29, 1.82) is 0 Å². The summed E-state index contributed by atoms with van der Waals surface area (Å²) in [5.41, 5.74) is 1.27. The third-order valence-corrected chi connectivity index (χ3v) is 3.32. The van der Waals surface area contributed by atoms with Crippen molar-refractivity contribution < 1.29 is 14.3 Å². The van der Waals surface area contributed by atoms with Crippen LogP contribution in [0.1, 0.15) is 33.6 Å². The molecule has 0 aliphatic carbocycles. The molecule has 7 heteroatoms. The first-order valence-electron chi connectivity index (χ1n) is 7.05. The Hall–Kier alpha value is -3.09. The van der Waals surface area contributed by atoms with Gasteiger partial charge in [-0.25, -0.2) is 14.3 Å². The molecule has 0 fully saturated rings. The highest BCUT2D eigenvalue weighted by atomic mass is 16.5. The van der Waals surface area contributed by atoms with E-state index in [9.17, 15) is 9.59 Å². The maximum atomic E-state index is 12.2.